The van der Waals surface area contributed by atoms with Gasteiger partial charge in [-0.1, -0.05) is 12.1 Å². The molecule has 4 saturated heterocycles. The monoisotopic (exact) mass is 490 g/mol. The second-order valence-corrected chi connectivity index (χ2v) is 11.0. The third kappa shape index (κ3) is 5.50. The predicted molar refractivity (Wildman–Crippen MR) is 128 cm³/mol. The van der Waals surface area contributed by atoms with Crippen LogP contribution in [0.5, 0.6) is 0 Å². The molecule has 0 radical (unpaired) electrons. The lowest BCUT2D eigenvalue weighted by Gasteiger charge is -2.35. The summed E-state index contributed by atoms with van der Waals surface area (Å²) in [7, 11) is 0. The molecule has 1 N–H and O–H groups in total. The number of rotatable bonds is 5. The first-order valence-corrected chi connectivity index (χ1v) is 12.6. The quantitative estimate of drug-likeness (QED) is 0.674. The van der Waals surface area contributed by atoms with Crippen molar-refractivity contribution in [1.29, 1.82) is 0 Å². The number of carbonyl (C=O) groups is 1. The number of ether oxygens (including phenoxy) is 6. The van der Waals surface area contributed by atoms with Gasteiger partial charge in [-0.25, -0.2) is 0 Å². The fourth-order valence-electron chi connectivity index (χ4n) is 5.53. The van der Waals surface area contributed by atoms with Crippen molar-refractivity contribution in [1.82, 2.24) is 4.90 Å². The highest BCUT2D eigenvalue weighted by Crippen LogP contribution is 2.42. The number of fused-ring (bicyclic) bond motifs is 1. The van der Waals surface area contributed by atoms with Crippen molar-refractivity contribution in [3.63, 3.8) is 0 Å². The molecule has 0 saturated carbocycles. The molecule has 4 fully saturated rings. The van der Waals surface area contributed by atoms with Gasteiger partial charge in [-0.05, 0) is 59.2 Å². The van der Waals surface area contributed by atoms with E-state index in [1.54, 1.807) is 0 Å². The molecular weight excluding hydrogens is 452 g/mol. The fourth-order valence-corrected chi connectivity index (χ4v) is 5.53. The van der Waals surface area contributed by atoms with Crippen LogP contribution in [-0.4, -0.2) is 84.9 Å². The summed E-state index contributed by atoms with van der Waals surface area (Å²) < 4.78 is 36.4. The number of morpholine rings is 1. The van der Waals surface area contributed by atoms with E-state index in [0.717, 1.165) is 11.3 Å². The van der Waals surface area contributed by atoms with Crippen LogP contribution in [0.2, 0.25) is 0 Å². The molecule has 7 atom stereocenters. The Morgan fingerprint density at radius 2 is 1.69 bits per heavy atom. The Kier molecular flexibility index (Phi) is 6.61. The Morgan fingerprint density at radius 1 is 0.971 bits per heavy atom. The first kappa shape index (κ1) is 24.9. The van der Waals surface area contributed by atoms with Crippen LogP contribution in [0.4, 0.5) is 5.69 Å². The smallest absolute Gasteiger partial charge is 0.227 e. The molecule has 1 aromatic rings. The molecule has 4 heterocycles. The third-order valence-electron chi connectivity index (χ3n) is 6.85. The highest BCUT2D eigenvalue weighted by molar-refractivity contribution is 5.79. The molecule has 5 rings (SSSR count). The number of amides is 1. The van der Waals surface area contributed by atoms with Gasteiger partial charge < -0.3 is 38.6 Å². The van der Waals surface area contributed by atoms with E-state index in [-0.39, 0.29) is 42.5 Å². The molecule has 0 spiro atoms. The van der Waals surface area contributed by atoms with Crippen LogP contribution in [0.15, 0.2) is 24.3 Å². The highest BCUT2D eigenvalue weighted by Gasteiger charge is 2.59. The summed E-state index contributed by atoms with van der Waals surface area (Å²) in [6, 6.07) is 7.89. The Labute approximate surface area is 207 Å². The van der Waals surface area contributed by atoms with Gasteiger partial charge in [0.2, 0.25) is 5.91 Å². The first-order valence-electron chi connectivity index (χ1n) is 12.6. The largest absolute Gasteiger partial charge is 0.372 e. The molecule has 4 aliphatic heterocycles. The number of hydrogen-bond acceptors (Lipinski definition) is 8. The van der Waals surface area contributed by atoms with Gasteiger partial charge in [0, 0.05) is 18.8 Å². The Bertz CT molecular complexity index is 928. The van der Waals surface area contributed by atoms with Gasteiger partial charge in [0.1, 0.15) is 24.4 Å². The minimum absolute atomic E-state index is 0.0498. The van der Waals surface area contributed by atoms with E-state index in [1.807, 2.05) is 70.7 Å². The van der Waals surface area contributed by atoms with E-state index in [2.05, 4.69) is 5.32 Å². The van der Waals surface area contributed by atoms with E-state index in [0.29, 0.717) is 26.1 Å². The first-order chi connectivity index (χ1) is 16.5. The van der Waals surface area contributed by atoms with Crippen molar-refractivity contribution in [2.24, 2.45) is 0 Å². The van der Waals surface area contributed by atoms with E-state index in [1.165, 1.54) is 0 Å². The summed E-state index contributed by atoms with van der Waals surface area (Å²) in [5, 5.41) is 3.46. The summed E-state index contributed by atoms with van der Waals surface area (Å²) in [6.45, 7) is 13.3. The maximum atomic E-state index is 12.9. The Morgan fingerprint density at radius 3 is 2.37 bits per heavy atom. The molecule has 194 valence electrons. The highest BCUT2D eigenvalue weighted by atomic mass is 16.8. The van der Waals surface area contributed by atoms with Crippen LogP contribution < -0.4 is 5.32 Å². The molecule has 1 aromatic carbocycles. The third-order valence-corrected chi connectivity index (χ3v) is 6.85. The molecular formula is C26H38N2O7. The van der Waals surface area contributed by atoms with E-state index < -0.39 is 17.8 Å². The second-order valence-electron chi connectivity index (χ2n) is 11.0. The molecule has 0 bridgehead atoms. The number of hydrogen-bond donors (Lipinski definition) is 1. The van der Waals surface area contributed by atoms with Gasteiger partial charge in [-0.2, -0.15) is 0 Å². The van der Waals surface area contributed by atoms with Gasteiger partial charge in [0.15, 0.2) is 17.8 Å². The van der Waals surface area contributed by atoms with Crippen molar-refractivity contribution >= 4 is 11.6 Å². The van der Waals surface area contributed by atoms with Crippen molar-refractivity contribution < 1.29 is 33.2 Å². The average molecular weight is 491 g/mol. The molecule has 3 unspecified atom stereocenters. The number of nitrogens with one attached hydrogen (secondary N) is 1. The van der Waals surface area contributed by atoms with E-state index in [9.17, 15) is 4.79 Å². The Balaban J connectivity index is 1.26. The minimum Gasteiger partial charge on any atom is -0.372 e. The fraction of sp³-hybridized carbons (Fsp3) is 0.731. The van der Waals surface area contributed by atoms with Crippen LogP contribution in [0, 0.1) is 0 Å². The summed E-state index contributed by atoms with van der Waals surface area (Å²) in [5.74, 6) is -1.26. The van der Waals surface area contributed by atoms with Crippen LogP contribution in [0.1, 0.15) is 47.1 Å². The van der Waals surface area contributed by atoms with Gasteiger partial charge >= 0.3 is 0 Å². The van der Waals surface area contributed by atoms with Crippen molar-refractivity contribution in [3.8, 4) is 0 Å². The van der Waals surface area contributed by atoms with Gasteiger partial charge in [0.25, 0.3) is 0 Å². The van der Waals surface area contributed by atoms with Crippen LogP contribution >= 0.6 is 0 Å². The molecule has 9 heteroatoms. The zero-order chi connectivity index (χ0) is 25.0. The van der Waals surface area contributed by atoms with E-state index in [4.69, 9.17) is 28.4 Å². The van der Waals surface area contributed by atoms with Crippen molar-refractivity contribution in [2.75, 3.05) is 25.0 Å². The van der Waals surface area contributed by atoms with Gasteiger partial charge in [-0.15, -0.1) is 0 Å². The summed E-state index contributed by atoms with van der Waals surface area (Å²) in [5.41, 5.74) is 1.80. The SMILES string of the molecule is C[C@@H]1CN(C(=O)Cc2cccc(NC3OC(C4COC(C)(C)O4)[C@@H]4OC(C)(C)O[C@H]34)c2)C[C@H](C)O1. The lowest BCUT2D eigenvalue weighted by molar-refractivity contribution is -0.203. The van der Waals surface area contributed by atoms with E-state index >= 15 is 0 Å². The second kappa shape index (κ2) is 9.28. The lowest BCUT2D eigenvalue weighted by Crippen LogP contribution is -2.48. The number of anilines is 1. The Hall–Kier alpha value is -1.75. The van der Waals surface area contributed by atoms with Gasteiger partial charge in [-0.3, -0.25) is 4.79 Å². The number of carbonyl (C=O) groups excluding carboxylic acids is 1. The average Bonchev–Trinajstić information content (AvgIpc) is 3.38. The lowest BCUT2D eigenvalue weighted by atomic mass is 10.1. The van der Waals surface area contributed by atoms with Crippen LogP contribution in [0.25, 0.3) is 0 Å². The maximum absolute atomic E-state index is 12.9. The topological polar surface area (TPSA) is 87.7 Å². The molecule has 0 aliphatic carbocycles. The normalized spacial score (nSPS) is 37.9. The van der Waals surface area contributed by atoms with Crippen molar-refractivity contribution in [3.05, 3.63) is 29.8 Å². The van der Waals surface area contributed by atoms with Crippen molar-refractivity contribution in [2.45, 2.75) is 102 Å². The zero-order valence-corrected chi connectivity index (χ0v) is 21.5. The predicted octanol–water partition coefficient (Wildman–Crippen LogP) is 2.67. The summed E-state index contributed by atoms with van der Waals surface area (Å²) in [6.07, 6.45) is -1.14. The standard InChI is InChI=1S/C26H38N2O7/c1-15-12-28(13-16(2)31-15)20(29)11-17-8-7-9-18(10-17)27-24-23-22(34-26(5,6)35-23)21(32-24)19-14-30-25(3,4)33-19/h7-10,15-16,19,21-24,27H,11-14H2,1-6H3/t15-,16+,19?,21?,22-,23-,24?/m0/s1. The summed E-state index contributed by atoms with van der Waals surface area (Å²) >= 11 is 0. The van der Waals surface area contributed by atoms with Crippen LogP contribution in [0.3, 0.4) is 0 Å². The maximum Gasteiger partial charge on any atom is 0.227 e. The molecule has 4 aliphatic rings. The summed E-state index contributed by atoms with van der Waals surface area (Å²) in [4.78, 5) is 14.8. The zero-order valence-electron chi connectivity index (χ0n) is 21.5. The molecule has 35 heavy (non-hydrogen) atoms. The molecule has 9 nitrogen and oxygen atoms in total. The minimum atomic E-state index is -0.715. The van der Waals surface area contributed by atoms with Gasteiger partial charge in [0.05, 0.1) is 25.2 Å². The molecule has 1 amide bonds. The van der Waals surface area contributed by atoms with Crippen LogP contribution in [-0.2, 0) is 39.6 Å². The number of benzene rings is 1. The molecule has 0 aromatic heterocycles. The number of nitrogens with zero attached hydrogens (tertiary/aromatic N) is 1.